The highest BCUT2D eigenvalue weighted by Gasteiger charge is 2.30. The Balaban J connectivity index is 2.00. The van der Waals surface area contributed by atoms with Crippen LogP contribution in [0.5, 0.6) is 0 Å². The predicted octanol–water partition coefficient (Wildman–Crippen LogP) is 2.58. The Hall–Kier alpha value is -3.00. The van der Waals surface area contributed by atoms with Gasteiger partial charge in [-0.15, -0.1) is 0 Å². The van der Waals surface area contributed by atoms with E-state index in [2.05, 4.69) is 10.6 Å². The fourth-order valence-electron chi connectivity index (χ4n) is 2.42. The van der Waals surface area contributed by atoms with Crippen molar-refractivity contribution in [2.75, 3.05) is 16.4 Å². The van der Waals surface area contributed by atoms with E-state index in [-0.39, 0.29) is 5.78 Å². The normalized spacial score (nSPS) is 12.1. The van der Waals surface area contributed by atoms with Crippen LogP contribution in [-0.4, -0.2) is 37.0 Å². The predicted molar refractivity (Wildman–Crippen MR) is 108 cm³/mol. The average Bonchev–Trinajstić information content (AvgIpc) is 2.60. The number of nitrogens with one attached hydrogen (secondary N) is 2. The quantitative estimate of drug-likeness (QED) is 0.692. The minimum absolute atomic E-state index is 0.117. The molecule has 0 fully saturated rings. The van der Waals surface area contributed by atoms with Gasteiger partial charge < -0.3 is 10.6 Å². The van der Waals surface area contributed by atoms with Crippen LogP contribution in [0.3, 0.4) is 0 Å². The first-order valence-corrected chi connectivity index (χ1v) is 10.3. The van der Waals surface area contributed by atoms with Gasteiger partial charge >= 0.3 is 0 Å². The summed E-state index contributed by atoms with van der Waals surface area (Å²) in [6, 6.07) is 13.0. The molecule has 0 heterocycles. The third kappa shape index (κ3) is 5.75. The zero-order valence-electron chi connectivity index (χ0n) is 15.9. The third-order valence-electron chi connectivity index (χ3n) is 4.10. The number of ketones is 1. The van der Waals surface area contributed by atoms with Crippen LogP contribution in [0.4, 0.5) is 11.4 Å². The summed E-state index contributed by atoms with van der Waals surface area (Å²) in [5.74, 6) is -2.39. The number of anilines is 2. The Morgan fingerprint density at radius 1 is 0.964 bits per heavy atom. The number of hydrogen-bond donors (Lipinski definition) is 2. The molecule has 0 bridgehead atoms. The Morgan fingerprint density at radius 3 is 2.18 bits per heavy atom. The van der Waals surface area contributed by atoms with Crippen LogP contribution in [0.25, 0.3) is 0 Å². The van der Waals surface area contributed by atoms with E-state index in [1.165, 1.54) is 38.1 Å². The lowest BCUT2D eigenvalue weighted by Gasteiger charge is -2.14. The van der Waals surface area contributed by atoms with Crippen LogP contribution in [0, 0.1) is 6.92 Å². The summed E-state index contributed by atoms with van der Waals surface area (Å²) >= 11 is 0. The summed E-state index contributed by atoms with van der Waals surface area (Å²) in [5.41, 5.74) is 2.25. The molecule has 148 valence electrons. The van der Waals surface area contributed by atoms with Crippen molar-refractivity contribution in [3.63, 3.8) is 0 Å². The van der Waals surface area contributed by atoms with Gasteiger partial charge in [0, 0.05) is 16.9 Å². The van der Waals surface area contributed by atoms with Crippen molar-refractivity contribution in [3.8, 4) is 0 Å². The minimum Gasteiger partial charge on any atom is -0.325 e. The number of amides is 2. The van der Waals surface area contributed by atoms with Gasteiger partial charge in [0.05, 0.1) is 0 Å². The molecule has 2 rings (SSSR count). The van der Waals surface area contributed by atoms with E-state index in [9.17, 15) is 22.8 Å². The highest BCUT2D eigenvalue weighted by molar-refractivity contribution is 7.93. The number of rotatable bonds is 7. The molecule has 0 saturated heterocycles. The second-order valence-electron chi connectivity index (χ2n) is 6.49. The lowest BCUT2D eigenvalue weighted by atomic mass is 10.1. The molecular weight excluding hydrogens is 380 g/mol. The van der Waals surface area contributed by atoms with Gasteiger partial charge in [0.15, 0.2) is 15.6 Å². The van der Waals surface area contributed by atoms with Crippen molar-refractivity contribution in [3.05, 3.63) is 59.7 Å². The average molecular weight is 402 g/mol. The van der Waals surface area contributed by atoms with E-state index in [1.807, 2.05) is 13.0 Å². The number of hydrogen-bond acceptors (Lipinski definition) is 5. The lowest BCUT2D eigenvalue weighted by Crippen LogP contribution is -2.37. The van der Waals surface area contributed by atoms with Crippen molar-refractivity contribution >= 4 is 38.8 Å². The summed E-state index contributed by atoms with van der Waals surface area (Å²) in [4.78, 5) is 35.6. The molecule has 0 radical (unpaired) electrons. The van der Waals surface area contributed by atoms with Gasteiger partial charge in [0.2, 0.25) is 11.8 Å². The largest absolute Gasteiger partial charge is 0.325 e. The molecule has 8 heteroatoms. The Bertz CT molecular complexity index is 998. The van der Waals surface area contributed by atoms with Crippen molar-refractivity contribution in [1.29, 1.82) is 0 Å². The minimum atomic E-state index is -4.01. The molecule has 2 N–H and O–H groups in total. The number of sulfone groups is 1. The topological polar surface area (TPSA) is 109 Å². The Kier molecular flexibility index (Phi) is 6.69. The SMILES string of the molecule is CC(=O)c1ccc(NC(=O)C(C)S(=O)(=O)CC(=O)Nc2cccc(C)c2)cc1. The van der Waals surface area contributed by atoms with Gasteiger partial charge in [0.1, 0.15) is 11.0 Å². The van der Waals surface area contributed by atoms with Crippen LogP contribution in [0.15, 0.2) is 48.5 Å². The van der Waals surface area contributed by atoms with Gasteiger partial charge in [-0.25, -0.2) is 8.42 Å². The monoisotopic (exact) mass is 402 g/mol. The van der Waals surface area contributed by atoms with E-state index in [0.717, 1.165) is 5.56 Å². The van der Waals surface area contributed by atoms with Crippen LogP contribution < -0.4 is 10.6 Å². The molecule has 2 aromatic rings. The molecule has 2 amide bonds. The van der Waals surface area contributed by atoms with E-state index < -0.39 is 32.7 Å². The smallest absolute Gasteiger partial charge is 0.242 e. The van der Waals surface area contributed by atoms with E-state index >= 15 is 0 Å². The molecule has 7 nitrogen and oxygen atoms in total. The maximum Gasteiger partial charge on any atom is 0.242 e. The Labute approximate surface area is 164 Å². The van der Waals surface area contributed by atoms with E-state index in [0.29, 0.717) is 16.9 Å². The summed E-state index contributed by atoms with van der Waals surface area (Å²) in [6.07, 6.45) is 0. The van der Waals surface area contributed by atoms with Crippen LogP contribution in [-0.2, 0) is 19.4 Å². The van der Waals surface area contributed by atoms with Crippen molar-refractivity contribution in [1.82, 2.24) is 0 Å². The molecule has 0 aliphatic heterocycles. The number of Topliss-reactive ketones (excluding diaryl/α,β-unsaturated/α-hetero) is 1. The van der Waals surface area contributed by atoms with Gasteiger partial charge in [0.25, 0.3) is 0 Å². The number of carbonyl (C=O) groups is 3. The molecule has 0 spiro atoms. The maximum absolute atomic E-state index is 12.4. The van der Waals surface area contributed by atoms with E-state index in [1.54, 1.807) is 18.2 Å². The van der Waals surface area contributed by atoms with Crippen LogP contribution >= 0.6 is 0 Å². The molecule has 1 atom stereocenters. The molecule has 0 saturated carbocycles. The standard InChI is InChI=1S/C20H22N2O5S/c1-13-5-4-6-18(11-13)21-19(24)12-28(26,27)15(3)20(25)22-17-9-7-16(8-10-17)14(2)23/h4-11,15H,12H2,1-3H3,(H,21,24)(H,22,25). The number of aryl methyl sites for hydroxylation is 1. The van der Waals surface area contributed by atoms with Gasteiger partial charge in [-0.05, 0) is 62.7 Å². The molecule has 28 heavy (non-hydrogen) atoms. The van der Waals surface area contributed by atoms with Gasteiger partial charge in [-0.2, -0.15) is 0 Å². The molecule has 0 aromatic heterocycles. The summed E-state index contributed by atoms with van der Waals surface area (Å²) in [6.45, 7) is 4.50. The molecule has 0 aliphatic rings. The first kappa shape index (κ1) is 21.3. The summed E-state index contributed by atoms with van der Waals surface area (Å²) in [5, 5.41) is 3.59. The molecule has 0 aliphatic carbocycles. The van der Waals surface area contributed by atoms with E-state index in [4.69, 9.17) is 0 Å². The zero-order valence-corrected chi connectivity index (χ0v) is 16.7. The van der Waals surface area contributed by atoms with Crippen molar-refractivity contribution in [2.24, 2.45) is 0 Å². The van der Waals surface area contributed by atoms with Crippen LogP contribution in [0.2, 0.25) is 0 Å². The number of carbonyl (C=O) groups excluding carboxylic acids is 3. The summed E-state index contributed by atoms with van der Waals surface area (Å²) < 4.78 is 24.8. The lowest BCUT2D eigenvalue weighted by molar-refractivity contribution is -0.115. The fourth-order valence-corrected chi connectivity index (χ4v) is 3.50. The first-order chi connectivity index (χ1) is 13.1. The molecule has 2 aromatic carbocycles. The second-order valence-corrected chi connectivity index (χ2v) is 8.81. The number of benzene rings is 2. The maximum atomic E-state index is 12.4. The third-order valence-corrected chi connectivity index (χ3v) is 6.06. The summed E-state index contributed by atoms with van der Waals surface area (Å²) in [7, 11) is -4.01. The molecular formula is C20H22N2O5S. The first-order valence-electron chi connectivity index (χ1n) is 8.58. The zero-order chi connectivity index (χ0) is 20.9. The second kappa shape index (κ2) is 8.79. The Morgan fingerprint density at radius 2 is 1.61 bits per heavy atom. The highest BCUT2D eigenvalue weighted by Crippen LogP contribution is 2.14. The van der Waals surface area contributed by atoms with Crippen molar-refractivity contribution in [2.45, 2.75) is 26.0 Å². The highest BCUT2D eigenvalue weighted by atomic mass is 32.2. The fraction of sp³-hybridized carbons (Fsp3) is 0.250. The van der Waals surface area contributed by atoms with Gasteiger partial charge in [-0.3, -0.25) is 14.4 Å². The van der Waals surface area contributed by atoms with Crippen molar-refractivity contribution < 1.29 is 22.8 Å². The van der Waals surface area contributed by atoms with Crippen LogP contribution in [0.1, 0.15) is 29.8 Å². The molecule has 1 unspecified atom stereocenters. The van der Waals surface area contributed by atoms with Gasteiger partial charge in [-0.1, -0.05) is 12.1 Å².